The van der Waals surface area contributed by atoms with E-state index in [2.05, 4.69) is 14.7 Å². The van der Waals surface area contributed by atoms with Crippen LogP contribution in [0.15, 0.2) is 36.5 Å². The van der Waals surface area contributed by atoms with Crippen molar-refractivity contribution < 1.29 is 36.4 Å². The highest BCUT2D eigenvalue weighted by Crippen LogP contribution is 2.44. The SMILES string of the molecule is COC(=O)C1c2nn(C(=O)Nc3ccccc3)cc2C2CN1C(=O)N2OS(=O)(=O)O. The third-order valence-electron chi connectivity index (χ3n) is 4.62. The molecular formula is C16H15N5O8S. The van der Waals surface area contributed by atoms with Crippen molar-refractivity contribution in [2.75, 3.05) is 19.0 Å². The summed E-state index contributed by atoms with van der Waals surface area (Å²) in [5.41, 5.74) is 0.715. The maximum Gasteiger partial charge on any atom is 0.418 e. The molecule has 2 aromatic rings. The molecule has 30 heavy (non-hydrogen) atoms. The first-order valence-corrected chi connectivity index (χ1v) is 9.86. The standard InChI is InChI=1S/C16H15N5O8S/c1-28-14(22)13-12-10(11-8-19(13)16(24)21(11)29-30(25,26)27)7-20(18-12)15(23)17-9-5-3-2-4-6-9/h2-7,11,13H,8H2,1H3,(H,17,23)(H,25,26,27). The Hall–Kier alpha value is -3.49. The number of hydroxylamine groups is 2. The van der Waals surface area contributed by atoms with Crippen LogP contribution in [0.1, 0.15) is 23.3 Å². The van der Waals surface area contributed by atoms with Gasteiger partial charge in [-0.1, -0.05) is 18.2 Å². The number of hydrogen-bond acceptors (Lipinski definition) is 8. The highest BCUT2D eigenvalue weighted by Gasteiger charge is 2.54. The number of aromatic nitrogens is 2. The summed E-state index contributed by atoms with van der Waals surface area (Å²) in [5, 5.41) is 7.15. The topological polar surface area (TPSA) is 160 Å². The zero-order valence-corrected chi connectivity index (χ0v) is 16.1. The van der Waals surface area contributed by atoms with Crippen LogP contribution >= 0.6 is 0 Å². The van der Waals surface area contributed by atoms with Crippen LogP contribution in [-0.4, -0.2) is 64.4 Å². The van der Waals surface area contributed by atoms with E-state index in [-0.39, 0.29) is 17.8 Å². The number of nitrogens with zero attached hydrogens (tertiary/aromatic N) is 4. The Bertz CT molecular complexity index is 1130. The van der Waals surface area contributed by atoms with Gasteiger partial charge in [0.05, 0.1) is 13.7 Å². The van der Waals surface area contributed by atoms with E-state index in [4.69, 9.17) is 9.29 Å². The largest absolute Gasteiger partial charge is 0.467 e. The number of anilines is 1. The molecular weight excluding hydrogens is 422 g/mol. The van der Waals surface area contributed by atoms with Crippen LogP contribution in [0.25, 0.3) is 0 Å². The molecule has 3 amide bonds. The molecule has 2 bridgehead atoms. The van der Waals surface area contributed by atoms with E-state index in [9.17, 15) is 22.8 Å². The molecule has 2 aliphatic heterocycles. The molecule has 1 aromatic carbocycles. The van der Waals surface area contributed by atoms with Crippen molar-refractivity contribution in [3.8, 4) is 0 Å². The molecule has 3 heterocycles. The Morgan fingerprint density at radius 1 is 1.27 bits per heavy atom. The summed E-state index contributed by atoms with van der Waals surface area (Å²) in [4.78, 5) is 38.4. The molecule has 2 aliphatic rings. The van der Waals surface area contributed by atoms with Gasteiger partial charge >= 0.3 is 28.4 Å². The molecule has 2 atom stereocenters. The van der Waals surface area contributed by atoms with Crippen molar-refractivity contribution in [1.29, 1.82) is 0 Å². The first kappa shape index (κ1) is 19.8. The van der Waals surface area contributed by atoms with Crippen LogP contribution in [-0.2, 0) is 24.2 Å². The zero-order valence-electron chi connectivity index (χ0n) is 15.3. The summed E-state index contributed by atoms with van der Waals surface area (Å²) in [6.07, 6.45) is 1.25. The number of methoxy groups -OCH3 is 1. The second kappa shape index (κ2) is 7.08. The number of nitrogens with one attached hydrogen (secondary N) is 1. The summed E-state index contributed by atoms with van der Waals surface area (Å²) in [6, 6.07) is 4.54. The lowest BCUT2D eigenvalue weighted by Gasteiger charge is -2.27. The van der Waals surface area contributed by atoms with Crippen molar-refractivity contribution in [3.05, 3.63) is 47.8 Å². The number of carbonyl (C=O) groups excluding carboxylic acids is 3. The van der Waals surface area contributed by atoms with Crippen LogP contribution in [0, 0.1) is 0 Å². The van der Waals surface area contributed by atoms with Crippen LogP contribution in [0.4, 0.5) is 15.3 Å². The van der Waals surface area contributed by atoms with Crippen LogP contribution < -0.4 is 5.32 Å². The second-order valence-electron chi connectivity index (χ2n) is 6.41. The first-order valence-electron chi connectivity index (χ1n) is 8.50. The Labute approximate surface area is 169 Å². The van der Waals surface area contributed by atoms with Gasteiger partial charge in [0, 0.05) is 17.4 Å². The molecule has 1 aromatic heterocycles. The fraction of sp³-hybridized carbons (Fsp3) is 0.250. The minimum absolute atomic E-state index is 0.0242. The monoisotopic (exact) mass is 437 g/mol. The molecule has 0 aliphatic carbocycles. The lowest BCUT2D eigenvalue weighted by atomic mass is 9.98. The number of para-hydroxylation sites is 1. The number of hydrogen-bond donors (Lipinski definition) is 2. The quantitative estimate of drug-likeness (QED) is 0.518. The number of esters is 1. The van der Waals surface area contributed by atoms with Gasteiger partial charge in [0.1, 0.15) is 11.7 Å². The van der Waals surface area contributed by atoms with Gasteiger partial charge < -0.3 is 15.0 Å². The summed E-state index contributed by atoms with van der Waals surface area (Å²) in [7, 11) is -3.91. The van der Waals surface area contributed by atoms with E-state index in [0.29, 0.717) is 10.8 Å². The van der Waals surface area contributed by atoms with E-state index < -0.39 is 40.5 Å². The average molecular weight is 437 g/mol. The Morgan fingerprint density at radius 3 is 2.60 bits per heavy atom. The van der Waals surface area contributed by atoms with Gasteiger partial charge in [0.2, 0.25) is 0 Å². The van der Waals surface area contributed by atoms with Crippen molar-refractivity contribution in [2.24, 2.45) is 0 Å². The second-order valence-corrected chi connectivity index (χ2v) is 7.42. The summed E-state index contributed by atoms with van der Waals surface area (Å²) in [5.74, 6) is -0.842. The summed E-state index contributed by atoms with van der Waals surface area (Å²) in [6.45, 7) is -0.146. The number of fused-ring (bicyclic) bond motifs is 4. The Balaban J connectivity index is 1.73. The fourth-order valence-corrected chi connectivity index (χ4v) is 3.77. The predicted molar refractivity (Wildman–Crippen MR) is 97.2 cm³/mol. The van der Waals surface area contributed by atoms with Gasteiger partial charge in [-0.3, -0.25) is 4.55 Å². The lowest BCUT2D eigenvalue weighted by Crippen LogP contribution is -2.39. The number of ether oxygens (including phenoxy) is 1. The van der Waals surface area contributed by atoms with E-state index >= 15 is 0 Å². The fourth-order valence-electron chi connectivity index (χ4n) is 3.40. The molecule has 4 rings (SSSR count). The molecule has 2 unspecified atom stereocenters. The maximum absolute atomic E-state index is 12.6. The maximum atomic E-state index is 12.6. The molecule has 1 saturated heterocycles. The average Bonchev–Trinajstić information content (AvgIpc) is 3.25. The van der Waals surface area contributed by atoms with E-state index in [1.807, 2.05) is 0 Å². The highest BCUT2D eigenvalue weighted by molar-refractivity contribution is 7.80. The first-order chi connectivity index (χ1) is 14.2. The Kier molecular flexibility index (Phi) is 4.68. The zero-order chi connectivity index (χ0) is 21.6. The van der Waals surface area contributed by atoms with Gasteiger partial charge in [-0.2, -0.15) is 23.3 Å². The smallest absolute Gasteiger partial charge is 0.418 e. The van der Waals surface area contributed by atoms with Gasteiger partial charge in [0.15, 0.2) is 6.04 Å². The molecule has 2 N–H and O–H groups in total. The third-order valence-corrected chi connectivity index (χ3v) is 4.97. The predicted octanol–water partition coefficient (Wildman–Crippen LogP) is 0.704. The van der Waals surface area contributed by atoms with Crippen molar-refractivity contribution in [2.45, 2.75) is 12.1 Å². The molecule has 158 valence electrons. The molecule has 13 nitrogen and oxygen atoms in total. The van der Waals surface area contributed by atoms with Crippen molar-refractivity contribution >= 4 is 34.1 Å². The Morgan fingerprint density at radius 2 is 1.97 bits per heavy atom. The van der Waals surface area contributed by atoms with Gasteiger partial charge in [-0.25, -0.2) is 14.4 Å². The van der Waals surface area contributed by atoms with Crippen LogP contribution in [0.3, 0.4) is 0 Å². The number of carbonyl (C=O) groups is 3. The lowest BCUT2D eigenvalue weighted by molar-refractivity contribution is -0.146. The van der Waals surface area contributed by atoms with E-state index in [1.54, 1.807) is 30.3 Å². The molecule has 0 radical (unpaired) electrons. The summed E-state index contributed by atoms with van der Waals surface area (Å²) >= 11 is 0. The normalized spacial score (nSPS) is 20.1. The van der Waals surface area contributed by atoms with Crippen LogP contribution in [0.2, 0.25) is 0 Å². The number of benzene rings is 1. The van der Waals surface area contributed by atoms with E-state index in [0.717, 1.165) is 16.7 Å². The molecule has 1 fully saturated rings. The minimum atomic E-state index is -5.02. The third kappa shape index (κ3) is 3.36. The number of rotatable bonds is 4. The van der Waals surface area contributed by atoms with Crippen LogP contribution in [0.5, 0.6) is 0 Å². The van der Waals surface area contributed by atoms with E-state index in [1.165, 1.54) is 6.20 Å². The van der Waals surface area contributed by atoms with Crippen molar-refractivity contribution in [1.82, 2.24) is 19.7 Å². The van der Waals surface area contributed by atoms with Crippen molar-refractivity contribution in [3.63, 3.8) is 0 Å². The molecule has 0 saturated carbocycles. The number of amides is 3. The molecule has 14 heteroatoms. The van der Waals surface area contributed by atoms with Gasteiger partial charge in [-0.15, -0.1) is 4.28 Å². The number of urea groups is 1. The minimum Gasteiger partial charge on any atom is -0.467 e. The highest BCUT2D eigenvalue weighted by atomic mass is 32.3. The van der Waals surface area contributed by atoms with Gasteiger partial charge in [-0.05, 0) is 12.1 Å². The van der Waals surface area contributed by atoms with Gasteiger partial charge in [0.25, 0.3) is 0 Å². The summed E-state index contributed by atoms with van der Waals surface area (Å²) < 4.78 is 41.4. The molecule has 0 spiro atoms.